The quantitative estimate of drug-likeness (QED) is 0.404. The lowest BCUT2D eigenvalue weighted by atomic mass is 10.2. The normalized spacial score (nSPS) is 10.7. The molecule has 0 aliphatic carbocycles. The van der Waals surface area contributed by atoms with E-state index in [0.29, 0.717) is 12.2 Å². The average molecular weight is 445 g/mol. The Morgan fingerprint density at radius 1 is 1.21 bits per heavy atom. The molecule has 2 rings (SSSR count). The summed E-state index contributed by atoms with van der Waals surface area (Å²) < 4.78 is 24.0. The molecule has 0 aliphatic rings. The first-order valence-electron chi connectivity index (χ1n) is 7.24. The van der Waals surface area contributed by atoms with Crippen molar-refractivity contribution in [2.45, 2.75) is 13.5 Å². The molecule has 0 radical (unpaired) electrons. The zero-order chi connectivity index (χ0) is 16.7. The van der Waals surface area contributed by atoms with Crippen molar-refractivity contribution in [1.29, 1.82) is 0 Å². The van der Waals surface area contributed by atoms with Crippen molar-refractivity contribution in [2.75, 3.05) is 19.0 Å². The van der Waals surface area contributed by atoms with Crippen molar-refractivity contribution >= 4 is 35.6 Å². The SMILES string of the molecule is CCOc1ccc(CN=C(N)Nc2ccc(OC)cc2)cc1F.I. The van der Waals surface area contributed by atoms with E-state index < -0.39 is 5.82 Å². The fourth-order valence-corrected chi connectivity index (χ4v) is 1.95. The summed E-state index contributed by atoms with van der Waals surface area (Å²) in [6.45, 7) is 2.51. The van der Waals surface area contributed by atoms with Crippen molar-refractivity contribution < 1.29 is 13.9 Å². The van der Waals surface area contributed by atoms with Crippen molar-refractivity contribution in [3.05, 3.63) is 53.8 Å². The summed E-state index contributed by atoms with van der Waals surface area (Å²) in [5, 5.41) is 2.96. The van der Waals surface area contributed by atoms with Crippen LogP contribution in [0.15, 0.2) is 47.5 Å². The molecule has 0 fully saturated rings. The van der Waals surface area contributed by atoms with Crippen LogP contribution in [-0.2, 0) is 6.54 Å². The van der Waals surface area contributed by atoms with Gasteiger partial charge in [-0.05, 0) is 48.9 Å². The van der Waals surface area contributed by atoms with Gasteiger partial charge in [0.1, 0.15) is 5.75 Å². The number of hydrogen-bond acceptors (Lipinski definition) is 3. The van der Waals surface area contributed by atoms with Gasteiger partial charge in [0.2, 0.25) is 0 Å². The molecule has 0 amide bonds. The number of nitrogens with one attached hydrogen (secondary N) is 1. The summed E-state index contributed by atoms with van der Waals surface area (Å²) in [6.07, 6.45) is 0. The minimum atomic E-state index is -0.402. The van der Waals surface area contributed by atoms with E-state index in [1.54, 1.807) is 19.2 Å². The predicted molar refractivity (Wildman–Crippen MR) is 105 cm³/mol. The van der Waals surface area contributed by atoms with Crippen LogP contribution in [0.5, 0.6) is 11.5 Å². The summed E-state index contributed by atoms with van der Waals surface area (Å²) in [4.78, 5) is 4.19. The third kappa shape index (κ3) is 5.88. The Bertz CT molecular complexity index is 678. The number of hydrogen-bond donors (Lipinski definition) is 2. The maximum atomic E-state index is 13.7. The van der Waals surface area contributed by atoms with Crippen LogP contribution in [-0.4, -0.2) is 19.7 Å². The van der Waals surface area contributed by atoms with Gasteiger partial charge in [-0.15, -0.1) is 24.0 Å². The van der Waals surface area contributed by atoms with E-state index in [1.165, 1.54) is 6.07 Å². The predicted octanol–water partition coefficient (Wildman–Crippen LogP) is 3.78. The van der Waals surface area contributed by atoms with Crippen LogP contribution in [0.3, 0.4) is 0 Å². The van der Waals surface area contributed by atoms with Crippen LogP contribution >= 0.6 is 24.0 Å². The largest absolute Gasteiger partial charge is 0.497 e. The summed E-state index contributed by atoms with van der Waals surface area (Å²) in [5.74, 6) is 0.853. The fraction of sp³-hybridized carbons (Fsp3) is 0.235. The highest BCUT2D eigenvalue weighted by molar-refractivity contribution is 14.0. The zero-order valence-corrected chi connectivity index (χ0v) is 15.9. The maximum Gasteiger partial charge on any atom is 0.193 e. The zero-order valence-electron chi connectivity index (χ0n) is 13.6. The summed E-state index contributed by atoms with van der Waals surface area (Å²) in [5.41, 5.74) is 7.34. The van der Waals surface area contributed by atoms with E-state index >= 15 is 0 Å². The molecule has 7 heteroatoms. The Hall–Kier alpha value is -2.03. The highest BCUT2D eigenvalue weighted by Gasteiger charge is 2.04. The molecule has 0 bridgehead atoms. The van der Waals surface area contributed by atoms with Gasteiger partial charge in [-0.1, -0.05) is 6.07 Å². The molecule has 5 nitrogen and oxygen atoms in total. The smallest absolute Gasteiger partial charge is 0.193 e. The number of halogens is 2. The fourth-order valence-electron chi connectivity index (χ4n) is 1.95. The Balaban J connectivity index is 0.00000288. The van der Waals surface area contributed by atoms with Gasteiger partial charge in [0.05, 0.1) is 20.3 Å². The molecule has 3 N–H and O–H groups in total. The molecule has 0 aliphatic heterocycles. The van der Waals surface area contributed by atoms with Crippen molar-refractivity contribution in [3.63, 3.8) is 0 Å². The third-order valence-electron chi connectivity index (χ3n) is 3.09. The van der Waals surface area contributed by atoms with E-state index in [0.717, 1.165) is 11.4 Å². The lowest BCUT2D eigenvalue weighted by Crippen LogP contribution is -2.22. The Kier molecular flexibility index (Phi) is 8.31. The van der Waals surface area contributed by atoms with Gasteiger partial charge in [-0.25, -0.2) is 9.38 Å². The van der Waals surface area contributed by atoms with Crippen LogP contribution < -0.4 is 20.5 Å². The topological polar surface area (TPSA) is 68.9 Å². The first kappa shape index (κ1) is 20.0. The van der Waals surface area contributed by atoms with Crippen LogP contribution in [0, 0.1) is 5.82 Å². The molecule has 24 heavy (non-hydrogen) atoms. The monoisotopic (exact) mass is 445 g/mol. The first-order chi connectivity index (χ1) is 11.1. The van der Waals surface area contributed by atoms with Gasteiger partial charge >= 0.3 is 0 Å². The summed E-state index contributed by atoms with van der Waals surface area (Å²) >= 11 is 0. The molecule has 0 heterocycles. The summed E-state index contributed by atoms with van der Waals surface area (Å²) in [7, 11) is 1.61. The van der Waals surface area contributed by atoms with Crippen LogP contribution in [0.2, 0.25) is 0 Å². The lowest BCUT2D eigenvalue weighted by molar-refractivity contribution is 0.321. The highest BCUT2D eigenvalue weighted by Crippen LogP contribution is 2.19. The number of ether oxygens (including phenoxy) is 2. The minimum Gasteiger partial charge on any atom is -0.497 e. The van der Waals surface area contributed by atoms with Gasteiger partial charge < -0.3 is 20.5 Å². The molecule has 0 spiro atoms. The number of benzene rings is 2. The van der Waals surface area contributed by atoms with Crippen molar-refractivity contribution in [1.82, 2.24) is 0 Å². The molecule has 2 aromatic rings. The van der Waals surface area contributed by atoms with E-state index in [-0.39, 0.29) is 42.2 Å². The number of guanidine groups is 1. The Labute approximate surface area is 158 Å². The number of nitrogens with zero attached hydrogens (tertiary/aromatic N) is 1. The molecule has 0 saturated carbocycles. The number of aliphatic imine (C=N–C) groups is 1. The Morgan fingerprint density at radius 2 is 1.92 bits per heavy atom. The average Bonchev–Trinajstić information content (AvgIpc) is 2.56. The summed E-state index contributed by atoms with van der Waals surface area (Å²) in [6, 6.07) is 12.1. The molecular weight excluding hydrogens is 424 g/mol. The van der Waals surface area contributed by atoms with E-state index in [4.69, 9.17) is 15.2 Å². The molecule has 0 saturated heterocycles. The molecular formula is C17H21FIN3O2. The van der Waals surface area contributed by atoms with Crippen LogP contribution in [0.1, 0.15) is 12.5 Å². The number of anilines is 1. The second-order valence-corrected chi connectivity index (χ2v) is 4.75. The second-order valence-electron chi connectivity index (χ2n) is 4.75. The maximum absolute atomic E-state index is 13.7. The van der Waals surface area contributed by atoms with E-state index in [9.17, 15) is 4.39 Å². The molecule has 0 unspecified atom stereocenters. The van der Waals surface area contributed by atoms with Crippen LogP contribution in [0.25, 0.3) is 0 Å². The number of rotatable bonds is 6. The van der Waals surface area contributed by atoms with E-state index in [2.05, 4.69) is 10.3 Å². The molecule has 2 aromatic carbocycles. The van der Waals surface area contributed by atoms with Crippen molar-refractivity contribution in [2.24, 2.45) is 10.7 Å². The van der Waals surface area contributed by atoms with Gasteiger partial charge in [0.25, 0.3) is 0 Å². The first-order valence-corrected chi connectivity index (χ1v) is 7.24. The lowest BCUT2D eigenvalue weighted by Gasteiger charge is -2.08. The molecule has 130 valence electrons. The van der Waals surface area contributed by atoms with Gasteiger partial charge in [0, 0.05) is 5.69 Å². The van der Waals surface area contributed by atoms with Gasteiger partial charge in [-0.2, -0.15) is 0 Å². The Morgan fingerprint density at radius 3 is 2.50 bits per heavy atom. The van der Waals surface area contributed by atoms with Gasteiger partial charge in [-0.3, -0.25) is 0 Å². The third-order valence-corrected chi connectivity index (χ3v) is 3.09. The van der Waals surface area contributed by atoms with Gasteiger partial charge in [0.15, 0.2) is 17.5 Å². The molecule has 0 atom stereocenters. The second kappa shape index (κ2) is 9.96. The number of nitrogens with two attached hydrogens (primary N) is 1. The van der Waals surface area contributed by atoms with Crippen LogP contribution in [0.4, 0.5) is 10.1 Å². The highest BCUT2D eigenvalue weighted by atomic mass is 127. The minimum absolute atomic E-state index is 0. The standard InChI is InChI=1S/C17H20FN3O2.HI/c1-3-23-16-9-4-12(10-15(16)18)11-20-17(19)21-13-5-7-14(22-2)8-6-13;/h4-10H,3,11H2,1-2H3,(H3,19,20,21);1H. The van der Waals surface area contributed by atoms with Crippen molar-refractivity contribution in [3.8, 4) is 11.5 Å². The number of methoxy groups -OCH3 is 1. The molecule has 0 aromatic heterocycles. The van der Waals surface area contributed by atoms with E-state index in [1.807, 2.05) is 31.2 Å².